The summed E-state index contributed by atoms with van der Waals surface area (Å²) in [5.74, 6) is -2.40. The van der Waals surface area contributed by atoms with Crippen LogP contribution in [0.5, 0.6) is 0 Å². The van der Waals surface area contributed by atoms with Gasteiger partial charge >= 0.3 is 101 Å². The van der Waals surface area contributed by atoms with Crippen molar-refractivity contribution in [3.63, 3.8) is 0 Å². The quantitative estimate of drug-likeness (QED) is 0.291. The molecule has 0 saturated heterocycles. The van der Waals surface area contributed by atoms with Crippen LogP contribution in [0.15, 0.2) is 0 Å². The molecule has 0 amide bonds. The fourth-order valence-corrected chi connectivity index (χ4v) is 0.371. The van der Waals surface area contributed by atoms with Crippen LogP contribution in [0.3, 0.4) is 0 Å². The van der Waals surface area contributed by atoms with E-state index in [9.17, 15) is 9.59 Å². The van der Waals surface area contributed by atoms with E-state index in [0.717, 1.165) is 13.8 Å². The predicted molar refractivity (Wildman–Crippen MR) is 88.6 cm³/mol. The number of hydrogen-bond donors (Lipinski definition) is 2. The number of carboxylic acid groups (broad SMARTS) is 2. The van der Waals surface area contributed by atoms with E-state index in [4.69, 9.17) is 19.8 Å². The number of carboxylic acids is 2. The van der Waals surface area contributed by atoms with Crippen molar-refractivity contribution in [1.29, 1.82) is 0 Å². The summed E-state index contributed by atoms with van der Waals surface area (Å²) in [5, 5.41) is 14.8. The first kappa shape index (κ1) is 49.6. The van der Waals surface area contributed by atoms with Gasteiger partial charge in [-0.05, 0) is 0 Å². The monoisotopic (exact) mass is 374 g/mol. The first-order valence-electron chi connectivity index (χ1n) is 4.75. The van der Waals surface area contributed by atoms with E-state index in [1.54, 1.807) is 0 Å². The van der Waals surface area contributed by atoms with Crippen molar-refractivity contribution < 1.29 is 49.8 Å². The zero-order valence-corrected chi connectivity index (χ0v) is 11.8. The Labute approximate surface area is 201 Å². The van der Waals surface area contributed by atoms with Crippen molar-refractivity contribution in [3.05, 3.63) is 0 Å². The van der Waals surface area contributed by atoms with Crippen LogP contribution in [-0.2, 0) is 28.7 Å². The Hall–Kier alpha value is 0.800. The van der Waals surface area contributed by atoms with E-state index < -0.39 is 11.9 Å². The number of hydrogen-bond acceptors (Lipinski definition) is 6. The molecule has 0 heterocycles. The minimum atomic E-state index is -0.833. The third kappa shape index (κ3) is 162. The summed E-state index contributed by atoms with van der Waals surface area (Å²) in [6, 6.07) is 0. The molecule has 0 bridgehead atoms. The van der Waals surface area contributed by atoms with Gasteiger partial charge in [-0.1, -0.05) is 0 Å². The normalized spacial score (nSPS) is 5.91. The van der Waals surface area contributed by atoms with E-state index in [0.29, 0.717) is 0 Å². The molecule has 0 fully saturated rings. The molecular formula is C10H25Na3O10. The Bertz CT molecular complexity index is 250. The maximum absolute atomic E-state index is 10.1. The number of aliphatic carboxylic acids is 2. The van der Waals surface area contributed by atoms with Crippen molar-refractivity contribution in [2.75, 3.05) is 13.2 Å². The van der Waals surface area contributed by atoms with Crippen molar-refractivity contribution in [3.8, 4) is 0 Å². The standard InChI is InChI=1S/C6H10O4.2C2H4O2.3Na.2H2O.3H/c1-5(7)9-3-4-10-6(2)8;2*1-2(3)4;;;;;;;;/h3-4H2,1-2H3;2*1H3,(H,3,4);;;;2*1H2;;;. The van der Waals surface area contributed by atoms with Crippen LogP contribution in [0.4, 0.5) is 0 Å². The van der Waals surface area contributed by atoms with Crippen molar-refractivity contribution in [1.82, 2.24) is 0 Å². The maximum atomic E-state index is 10.1. The second-order valence-corrected chi connectivity index (χ2v) is 2.72. The van der Waals surface area contributed by atoms with Crippen LogP contribution in [0.1, 0.15) is 27.7 Å². The summed E-state index contributed by atoms with van der Waals surface area (Å²) in [4.78, 5) is 38.3. The van der Waals surface area contributed by atoms with Crippen LogP contribution in [0.2, 0.25) is 0 Å². The summed E-state index contributed by atoms with van der Waals surface area (Å²) in [7, 11) is 0. The molecule has 128 valence electrons. The molecule has 6 N–H and O–H groups in total. The van der Waals surface area contributed by atoms with E-state index in [1.165, 1.54) is 13.8 Å². The third-order valence-corrected chi connectivity index (χ3v) is 0.694. The van der Waals surface area contributed by atoms with Crippen molar-refractivity contribution in [2.45, 2.75) is 27.7 Å². The first-order chi connectivity index (χ1) is 8.09. The van der Waals surface area contributed by atoms with E-state index in [2.05, 4.69) is 9.47 Å². The van der Waals surface area contributed by atoms with Crippen molar-refractivity contribution in [2.24, 2.45) is 0 Å². The van der Waals surface area contributed by atoms with Crippen LogP contribution in [0.25, 0.3) is 0 Å². The number of carbonyl (C=O) groups excluding carboxylic acids is 2. The molecule has 0 saturated carbocycles. The molecule has 0 radical (unpaired) electrons. The third-order valence-electron chi connectivity index (χ3n) is 0.694. The van der Waals surface area contributed by atoms with Gasteiger partial charge in [-0.3, -0.25) is 19.2 Å². The van der Waals surface area contributed by atoms with Crippen LogP contribution >= 0.6 is 0 Å². The molecule has 0 aliphatic carbocycles. The van der Waals surface area contributed by atoms with Gasteiger partial charge in [0.05, 0.1) is 0 Å². The summed E-state index contributed by atoms with van der Waals surface area (Å²) in [6.07, 6.45) is 0. The fourth-order valence-electron chi connectivity index (χ4n) is 0.371. The summed E-state index contributed by atoms with van der Waals surface area (Å²) in [6.45, 7) is 5.03. The van der Waals surface area contributed by atoms with Crippen LogP contribution in [-0.4, -0.2) is 147 Å². The summed E-state index contributed by atoms with van der Waals surface area (Å²) in [5.41, 5.74) is 0. The molecule has 0 aromatic rings. The van der Waals surface area contributed by atoms with Gasteiger partial charge in [0.25, 0.3) is 11.9 Å². The zero-order valence-electron chi connectivity index (χ0n) is 11.8. The minimum absolute atomic E-state index is 0. The molecule has 0 aromatic heterocycles. The van der Waals surface area contributed by atoms with E-state index >= 15 is 0 Å². The Morgan fingerprint density at radius 3 is 0.870 bits per heavy atom. The Morgan fingerprint density at radius 2 is 0.783 bits per heavy atom. The van der Waals surface area contributed by atoms with Gasteiger partial charge in [0.1, 0.15) is 13.2 Å². The molecule has 0 aromatic carbocycles. The Balaban J connectivity index is -0.0000000252. The SMILES string of the molecule is CC(=O)O.CC(=O)O.CC(=O)OCCOC(C)=O.O.O.[NaH].[NaH].[NaH]. The van der Waals surface area contributed by atoms with Gasteiger partial charge in [-0.15, -0.1) is 0 Å². The van der Waals surface area contributed by atoms with Gasteiger partial charge in [0.15, 0.2) is 0 Å². The van der Waals surface area contributed by atoms with Gasteiger partial charge < -0.3 is 30.6 Å². The second kappa shape index (κ2) is 38.4. The van der Waals surface area contributed by atoms with Gasteiger partial charge in [-0.25, -0.2) is 0 Å². The Kier molecular flexibility index (Phi) is 82.7. The molecule has 10 nitrogen and oxygen atoms in total. The summed E-state index contributed by atoms with van der Waals surface area (Å²) < 4.78 is 8.95. The topological polar surface area (TPSA) is 190 Å². The summed E-state index contributed by atoms with van der Waals surface area (Å²) >= 11 is 0. The molecule has 0 rings (SSSR count). The molecular weight excluding hydrogens is 349 g/mol. The zero-order chi connectivity index (χ0) is 15.1. The predicted octanol–water partition coefficient (Wildman–Crippen LogP) is -3.30. The van der Waals surface area contributed by atoms with Gasteiger partial charge in [-0.2, -0.15) is 0 Å². The molecule has 0 spiro atoms. The Morgan fingerprint density at radius 1 is 0.652 bits per heavy atom. The average Bonchev–Trinajstić information content (AvgIpc) is 2.09. The number of ether oxygens (including phenoxy) is 2. The van der Waals surface area contributed by atoms with E-state index in [1.807, 2.05) is 0 Å². The van der Waals surface area contributed by atoms with Crippen LogP contribution in [0, 0.1) is 0 Å². The fraction of sp³-hybridized carbons (Fsp3) is 0.600. The van der Waals surface area contributed by atoms with E-state index in [-0.39, 0.29) is 125 Å². The van der Waals surface area contributed by atoms with Gasteiger partial charge in [0.2, 0.25) is 0 Å². The number of rotatable bonds is 3. The van der Waals surface area contributed by atoms with Crippen LogP contribution < -0.4 is 0 Å². The number of carbonyl (C=O) groups is 4. The molecule has 0 aliphatic heterocycles. The molecule has 0 unspecified atom stereocenters. The molecule has 13 heteroatoms. The number of esters is 2. The second-order valence-electron chi connectivity index (χ2n) is 2.72. The molecule has 0 atom stereocenters. The first-order valence-corrected chi connectivity index (χ1v) is 4.75. The van der Waals surface area contributed by atoms with Crippen molar-refractivity contribution >= 4 is 113 Å². The molecule has 23 heavy (non-hydrogen) atoms. The van der Waals surface area contributed by atoms with Gasteiger partial charge in [0, 0.05) is 27.7 Å². The molecule has 0 aliphatic rings. The average molecular weight is 374 g/mol.